The number of amides is 2. The largest absolute Gasteiger partial charge is 0.491 e. The molecule has 0 radical (unpaired) electrons. The van der Waals surface area contributed by atoms with Crippen molar-refractivity contribution >= 4 is 17.4 Å². The molecule has 0 bridgehead atoms. The number of carbonyl (C=O) groups excluding carboxylic acids is 1. The Hall–Kier alpha value is -4.68. The van der Waals surface area contributed by atoms with Crippen molar-refractivity contribution in [1.82, 2.24) is 15.2 Å². The van der Waals surface area contributed by atoms with E-state index >= 15 is 0 Å². The lowest BCUT2D eigenvalue weighted by molar-refractivity contribution is -0.137. The van der Waals surface area contributed by atoms with Crippen LogP contribution in [0.2, 0.25) is 0 Å². The Balaban J connectivity index is 1.45. The van der Waals surface area contributed by atoms with E-state index in [2.05, 4.69) is 25.8 Å². The van der Waals surface area contributed by atoms with E-state index in [1.807, 2.05) is 0 Å². The number of alkyl halides is 3. The van der Waals surface area contributed by atoms with Crippen LogP contribution in [0.1, 0.15) is 19.4 Å². The van der Waals surface area contributed by atoms with Crippen molar-refractivity contribution in [1.29, 1.82) is 0 Å². The van der Waals surface area contributed by atoms with Crippen LogP contribution in [0.4, 0.5) is 33.7 Å². The number of pyridine rings is 1. The fraction of sp³-hybridized carbons (Fsp3) is 0.167. The van der Waals surface area contributed by atoms with Gasteiger partial charge in [0.25, 0.3) is 5.89 Å². The van der Waals surface area contributed by atoms with E-state index in [-0.39, 0.29) is 28.8 Å². The van der Waals surface area contributed by atoms with Crippen molar-refractivity contribution in [2.75, 3.05) is 10.6 Å². The number of anilines is 2. The van der Waals surface area contributed by atoms with Crippen molar-refractivity contribution in [3.05, 3.63) is 72.5 Å². The lowest BCUT2D eigenvalue weighted by Gasteiger charge is -2.16. The first-order valence-corrected chi connectivity index (χ1v) is 10.7. The Labute approximate surface area is 207 Å². The van der Waals surface area contributed by atoms with Gasteiger partial charge in [0.05, 0.1) is 17.4 Å². The van der Waals surface area contributed by atoms with Gasteiger partial charge in [-0.15, -0.1) is 10.2 Å². The summed E-state index contributed by atoms with van der Waals surface area (Å²) < 4.78 is 70.4. The summed E-state index contributed by atoms with van der Waals surface area (Å²) in [6, 6.07) is 8.56. The number of carbonyl (C=O) groups is 1. The van der Waals surface area contributed by atoms with Crippen LogP contribution in [0.5, 0.6) is 17.2 Å². The summed E-state index contributed by atoms with van der Waals surface area (Å²) >= 11 is 0. The highest BCUT2D eigenvalue weighted by atomic mass is 19.4. The molecule has 0 unspecified atom stereocenters. The molecule has 37 heavy (non-hydrogen) atoms. The van der Waals surface area contributed by atoms with Gasteiger partial charge in [0.2, 0.25) is 6.39 Å². The molecule has 4 aromatic rings. The molecule has 9 nitrogen and oxygen atoms in total. The molecule has 2 amide bonds. The van der Waals surface area contributed by atoms with Crippen LogP contribution in [-0.2, 0) is 6.18 Å². The molecule has 13 heteroatoms. The molecular formula is C24H19F4N5O4. The maximum atomic E-state index is 14.6. The second-order valence-electron chi connectivity index (χ2n) is 7.85. The van der Waals surface area contributed by atoms with E-state index in [0.717, 1.165) is 24.6 Å². The minimum absolute atomic E-state index is 0.0776. The number of rotatable bonds is 7. The van der Waals surface area contributed by atoms with Gasteiger partial charge in [-0.05, 0) is 44.2 Å². The number of aromatic nitrogens is 3. The zero-order chi connectivity index (χ0) is 26.6. The molecule has 0 atom stereocenters. The van der Waals surface area contributed by atoms with Gasteiger partial charge in [-0.2, -0.15) is 13.2 Å². The second-order valence-corrected chi connectivity index (χ2v) is 7.85. The Morgan fingerprint density at radius 1 is 1.00 bits per heavy atom. The van der Waals surface area contributed by atoms with Gasteiger partial charge >= 0.3 is 12.2 Å². The van der Waals surface area contributed by atoms with Gasteiger partial charge in [0.15, 0.2) is 0 Å². The second kappa shape index (κ2) is 10.5. The average Bonchev–Trinajstić information content (AvgIpc) is 3.35. The number of nitrogens with one attached hydrogen (secondary N) is 2. The SMILES string of the molecule is CC(C)Oc1cc(NC(=O)Nc2ccc(Oc3ccnc(-c4nnco4)c3)cc2F)cc(C(F)(F)F)c1. The van der Waals surface area contributed by atoms with Crippen LogP contribution in [0.3, 0.4) is 0 Å². The number of urea groups is 1. The molecule has 192 valence electrons. The summed E-state index contributed by atoms with van der Waals surface area (Å²) in [4.78, 5) is 16.5. The van der Waals surface area contributed by atoms with Gasteiger partial charge in [0.1, 0.15) is 28.8 Å². The highest BCUT2D eigenvalue weighted by molar-refractivity contribution is 6.00. The summed E-state index contributed by atoms with van der Waals surface area (Å²) in [6.45, 7) is 3.30. The predicted molar refractivity (Wildman–Crippen MR) is 124 cm³/mol. The van der Waals surface area contributed by atoms with Gasteiger partial charge in [-0.25, -0.2) is 9.18 Å². The van der Waals surface area contributed by atoms with Crippen LogP contribution in [0, 0.1) is 5.82 Å². The molecule has 0 aliphatic carbocycles. The van der Waals surface area contributed by atoms with Crippen molar-refractivity contribution in [2.24, 2.45) is 0 Å². The van der Waals surface area contributed by atoms with Crippen molar-refractivity contribution in [2.45, 2.75) is 26.1 Å². The first kappa shape index (κ1) is 25.4. The maximum absolute atomic E-state index is 14.6. The maximum Gasteiger partial charge on any atom is 0.416 e. The lowest BCUT2D eigenvalue weighted by Crippen LogP contribution is -2.20. The minimum Gasteiger partial charge on any atom is -0.491 e. The van der Waals surface area contributed by atoms with Crippen molar-refractivity contribution in [3.63, 3.8) is 0 Å². The molecule has 0 aliphatic heterocycles. The normalized spacial score (nSPS) is 11.3. The van der Waals surface area contributed by atoms with E-state index in [1.165, 1.54) is 36.5 Å². The molecule has 0 aliphatic rings. The molecule has 0 saturated heterocycles. The summed E-state index contributed by atoms with van der Waals surface area (Å²) in [7, 11) is 0. The first-order chi connectivity index (χ1) is 17.6. The number of benzene rings is 2. The fourth-order valence-corrected chi connectivity index (χ4v) is 3.13. The smallest absolute Gasteiger partial charge is 0.416 e. The molecule has 0 spiro atoms. The Bertz CT molecular complexity index is 1390. The summed E-state index contributed by atoms with van der Waals surface area (Å²) in [5.74, 6) is -0.326. The van der Waals surface area contributed by atoms with E-state index in [1.54, 1.807) is 13.8 Å². The number of nitrogens with zero attached hydrogens (tertiary/aromatic N) is 3. The molecule has 0 saturated carbocycles. The molecule has 2 aromatic heterocycles. The van der Waals surface area contributed by atoms with Crippen LogP contribution in [0.25, 0.3) is 11.6 Å². The van der Waals surface area contributed by atoms with Gasteiger partial charge in [0, 0.05) is 30.1 Å². The minimum atomic E-state index is -4.66. The summed E-state index contributed by atoms with van der Waals surface area (Å²) in [5.41, 5.74) is -1.07. The summed E-state index contributed by atoms with van der Waals surface area (Å²) in [6.07, 6.45) is -2.46. The molecule has 2 heterocycles. The first-order valence-electron chi connectivity index (χ1n) is 10.7. The van der Waals surface area contributed by atoms with E-state index in [4.69, 9.17) is 13.9 Å². The highest BCUT2D eigenvalue weighted by Crippen LogP contribution is 2.35. The Morgan fingerprint density at radius 2 is 1.78 bits per heavy atom. The molecule has 0 fully saturated rings. The molecule has 2 aromatic carbocycles. The van der Waals surface area contributed by atoms with Crippen LogP contribution in [0.15, 0.2) is 65.5 Å². The monoisotopic (exact) mass is 517 g/mol. The predicted octanol–water partition coefficient (Wildman–Crippen LogP) is 6.51. The molecule has 4 rings (SSSR count). The average molecular weight is 517 g/mol. The lowest BCUT2D eigenvalue weighted by atomic mass is 10.1. The number of ether oxygens (including phenoxy) is 2. The Kier molecular flexibility index (Phi) is 7.22. The molecular weight excluding hydrogens is 498 g/mol. The Morgan fingerprint density at radius 3 is 2.46 bits per heavy atom. The molecule has 2 N–H and O–H groups in total. The van der Waals surface area contributed by atoms with Crippen LogP contribution in [-0.4, -0.2) is 27.3 Å². The van der Waals surface area contributed by atoms with Gasteiger partial charge in [-0.3, -0.25) is 4.98 Å². The number of halogens is 4. The third kappa shape index (κ3) is 6.72. The van der Waals surface area contributed by atoms with Gasteiger partial charge in [-0.1, -0.05) is 0 Å². The zero-order valence-corrected chi connectivity index (χ0v) is 19.3. The van der Waals surface area contributed by atoms with E-state index in [0.29, 0.717) is 11.4 Å². The third-order valence-corrected chi connectivity index (χ3v) is 4.60. The fourth-order valence-electron chi connectivity index (χ4n) is 3.13. The van der Waals surface area contributed by atoms with Crippen LogP contribution < -0.4 is 20.1 Å². The quantitative estimate of drug-likeness (QED) is 0.269. The van der Waals surface area contributed by atoms with Crippen molar-refractivity contribution < 1.29 is 36.2 Å². The third-order valence-electron chi connectivity index (χ3n) is 4.60. The standard InChI is InChI=1S/C24H19F4N5O4/c1-13(2)36-18-8-14(24(26,27)28)7-15(9-18)31-23(34)32-20-4-3-16(10-19(20)25)37-17-5-6-29-21(11-17)22-33-30-12-35-22/h3-13H,1-2H3,(H2,31,32,34). The zero-order valence-electron chi connectivity index (χ0n) is 19.3. The highest BCUT2D eigenvalue weighted by Gasteiger charge is 2.31. The number of hydrogen-bond donors (Lipinski definition) is 2. The van der Waals surface area contributed by atoms with Crippen molar-refractivity contribution in [3.8, 4) is 28.8 Å². The van der Waals surface area contributed by atoms with Crippen LogP contribution >= 0.6 is 0 Å². The summed E-state index contributed by atoms with van der Waals surface area (Å²) in [5, 5.41) is 11.8. The van der Waals surface area contributed by atoms with Gasteiger partial charge < -0.3 is 24.5 Å². The van der Waals surface area contributed by atoms with E-state index < -0.39 is 29.7 Å². The number of hydrogen-bond acceptors (Lipinski definition) is 7. The van der Waals surface area contributed by atoms with E-state index in [9.17, 15) is 22.4 Å². The topological polar surface area (TPSA) is 111 Å².